The maximum absolute atomic E-state index is 4.56. The Morgan fingerprint density at radius 3 is 2.29 bits per heavy atom. The summed E-state index contributed by atoms with van der Waals surface area (Å²) >= 11 is 0. The van der Waals surface area contributed by atoms with E-state index in [9.17, 15) is 0 Å². The lowest BCUT2D eigenvalue weighted by Crippen LogP contribution is -2.15. The molecule has 1 aromatic carbocycles. The highest BCUT2D eigenvalue weighted by molar-refractivity contribution is 5.59. The quantitative estimate of drug-likeness (QED) is 0.781. The van der Waals surface area contributed by atoms with Gasteiger partial charge >= 0.3 is 0 Å². The van der Waals surface area contributed by atoms with Crippen molar-refractivity contribution >= 4 is 11.5 Å². The lowest BCUT2D eigenvalue weighted by Gasteiger charge is -2.19. The molecule has 0 radical (unpaired) electrons. The zero-order chi connectivity index (χ0) is 15.1. The summed E-state index contributed by atoms with van der Waals surface area (Å²) in [4.78, 5) is 6.68. The lowest BCUT2D eigenvalue weighted by molar-refractivity contribution is 0.674. The molecular formula is C18H25N3. The second kappa shape index (κ2) is 7.79. The van der Waals surface area contributed by atoms with E-state index in [0.717, 1.165) is 37.4 Å². The maximum Gasteiger partial charge on any atom is 0.132 e. The zero-order valence-corrected chi connectivity index (χ0v) is 13.3. The van der Waals surface area contributed by atoms with Crippen LogP contribution in [-0.2, 0) is 13.0 Å². The first-order valence-corrected chi connectivity index (χ1v) is 7.73. The summed E-state index contributed by atoms with van der Waals surface area (Å²) in [6.45, 7) is 6.28. The first-order chi connectivity index (χ1) is 10.2. The van der Waals surface area contributed by atoms with Gasteiger partial charge < -0.3 is 10.2 Å². The van der Waals surface area contributed by atoms with Crippen LogP contribution in [-0.4, -0.2) is 18.6 Å². The van der Waals surface area contributed by atoms with Gasteiger partial charge in [0.1, 0.15) is 5.82 Å². The molecule has 0 saturated heterocycles. The molecule has 0 saturated carbocycles. The van der Waals surface area contributed by atoms with Gasteiger partial charge in [-0.2, -0.15) is 0 Å². The Morgan fingerprint density at radius 2 is 1.71 bits per heavy atom. The van der Waals surface area contributed by atoms with Crippen molar-refractivity contribution in [3.05, 3.63) is 53.7 Å². The number of nitrogens with one attached hydrogen (secondary N) is 1. The van der Waals surface area contributed by atoms with Gasteiger partial charge in [-0.3, -0.25) is 0 Å². The van der Waals surface area contributed by atoms with Crippen molar-refractivity contribution in [2.75, 3.05) is 18.5 Å². The van der Waals surface area contributed by atoms with E-state index in [1.54, 1.807) is 0 Å². The Labute approximate surface area is 128 Å². The van der Waals surface area contributed by atoms with Crippen molar-refractivity contribution in [1.29, 1.82) is 0 Å². The molecule has 2 rings (SSSR count). The molecule has 0 aliphatic carbocycles. The fourth-order valence-electron chi connectivity index (χ4n) is 2.22. The normalized spacial score (nSPS) is 10.6. The Kier molecular flexibility index (Phi) is 5.76. The summed E-state index contributed by atoms with van der Waals surface area (Å²) in [5, 5.41) is 3.39. The number of hydrogen-bond acceptors (Lipinski definition) is 3. The van der Waals surface area contributed by atoms with E-state index in [1.165, 1.54) is 11.1 Å². The molecule has 0 spiro atoms. The van der Waals surface area contributed by atoms with Crippen molar-refractivity contribution in [3.63, 3.8) is 0 Å². The van der Waals surface area contributed by atoms with Crippen LogP contribution in [0.5, 0.6) is 0 Å². The first-order valence-electron chi connectivity index (χ1n) is 7.73. The molecular weight excluding hydrogens is 258 g/mol. The molecule has 0 atom stereocenters. The molecule has 0 amide bonds. The van der Waals surface area contributed by atoms with E-state index in [2.05, 4.69) is 72.5 Å². The largest absolute Gasteiger partial charge is 0.329 e. The standard InChI is InChI=1S/C18H25N3/c1-4-12-19-13-16-8-11-18(20-14-16)21(3)17-9-6-15(5-2)7-10-17/h6-11,14,19H,4-5,12-13H2,1-3H3. The first kappa shape index (κ1) is 15.5. The molecule has 112 valence electrons. The predicted molar refractivity (Wildman–Crippen MR) is 90.1 cm³/mol. The van der Waals surface area contributed by atoms with E-state index < -0.39 is 0 Å². The fraction of sp³-hybridized carbons (Fsp3) is 0.389. The molecule has 1 aromatic heterocycles. The Bertz CT molecular complexity index is 531. The smallest absolute Gasteiger partial charge is 0.132 e. The molecule has 0 unspecified atom stereocenters. The van der Waals surface area contributed by atoms with E-state index in [0.29, 0.717) is 0 Å². The van der Waals surface area contributed by atoms with E-state index >= 15 is 0 Å². The van der Waals surface area contributed by atoms with Crippen molar-refractivity contribution in [2.45, 2.75) is 33.2 Å². The third kappa shape index (κ3) is 4.30. The molecule has 1 heterocycles. The van der Waals surface area contributed by atoms with Gasteiger partial charge in [0.25, 0.3) is 0 Å². The van der Waals surface area contributed by atoms with Crippen LogP contribution in [0.2, 0.25) is 0 Å². The van der Waals surface area contributed by atoms with Crippen molar-refractivity contribution in [1.82, 2.24) is 10.3 Å². The van der Waals surface area contributed by atoms with E-state index in [-0.39, 0.29) is 0 Å². The van der Waals surface area contributed by atoms with Crippen LogP contribution < -0.4 is 10.2 Å². The number of hydrogen-bond donors (Lipinski definition) is 1. The van der Waals surface area contributed by atoms with Crippen LogP contribution in [0.15, 0.2) is 42.6 Å². The van der Waals surface area contributed by atoms with Gasteiger partial charge in [-0.05, 0) is 48.7 Å². The summed E-state index contributed by atoms with van der Waals surface area (Å²) in [5.41, 5.74) is 3.75. The molecule has 0 aliphatic rings. The SMILES string of the molecule is CCCNCc1ccc(N(C)c2ccc(CC)cc2)nc1. The number of pyridine rings is 1. The predicted octanol–water partition coefficient (Wildman–Crippen LogP) is 3.91. The zero-order valence-electron chi connectivity index (χ0n) is 13.3. The Morgan fingerprint density at radius 1 is 1.00 bits per heavy atom. The van der Waals surface area contributed by atoms with Crippen LogP contribution in [0.3, 0.4) is 0 Å². The topological polar surface area (TPSA) is 28.2 Å². The molecule has 2 aromatic rings. The highest BCUT2D eigenvalue weighted by Gasteiger charge is 2.05. The lowest BCUT2D eigenvalue weighted by atomic mass is 10.1. The molecule has 21 heavy (non-hydrogen) atoms. The van der Waals surface area contributed by atoms with Gasteiger partial charge in [-0.1, -0.05) is 32.0 Å². The van der Waals surface area contributed by atoms with Crippen molar-refractivity contribution < 1.29 is 0 Å². The summed E-state index contributed by atoms with van der Waals surface area (Å²) < 4.78 is 0. The highest BCUT2D eigenvalue weighted by atomic mass is 15.2. The number of aromatic nitrogens is 1. The van der Waals surface area contributed by atoms with Crippen LogP contribution in [0.1, 0.15) is 31.4 Å². The van der Waals surface area contributed by atoms with Crippen molar-refractivity contribution in [3.8, 4) is 0 Å². The van der Waals surface area contributed by atoms with Gasteiger partial charge in [-0.25, -0.2) is 4.98 Å². The molecule has 1 N–H and O–H groups in total. The summed E-state index contributed by atoms with van der Waals surface area (Å²) in [6.07, 6.45) is 4.18. The van der Waals surface area contributed by atoms with Gasteiger partial charge in [0, 0.05) is 25.5 Å². The molecule has 0 fully saturated rings. The molecule has 3 nitrogen and oxygen atoms in total. The van der Waals surface area contributed by atoms with Crippen LogP contribution in [0.4, 0.5) is 11.5 Å². The minimum Gasteiger partial charge on any atom is -0.329 e. The molecule has 0 bridgehead atoms. The Balaban J connectivity index is 2.02. The second-order valence-electron chi connectivity index (χ2n) is 5.28. The Hall–Kier alpha value is -1.87. The maximum atomic E-state index is 4.56. The molecule has 0 aliphatic heterocycles. The van der Waals surface area contributed by atoms with Crippen molar-refractivity contribution in [2.24, 2.45) is 0 Å². The summed E-state index contributed by atoms with van der Waals surface area (Å²) in [5.74, 6) is 0.971. The average molecular weight is 283 g/mol. The fourth-order valence-corrected chi connectivity index (χ4v) is 2.22. The van der Waals surface area contributed by atoms with Gasteiger partial charge in [0.2, 0.25) is 0 Å². The third-order valence-electron chi connectivity index (χ3n) is 3.64. The van der Waals surface area contributed by atoms with E-state index in [1.807, 2.05) is 6.20 Å². The minimum absolute atomic E-state index is 0.885. The number of rotatable bonds is 7. The third-order valence-corrected chi connectivity index (χ3v) is 3.64. The number of benzene rings is 1. The average Bonchev–Trinajstić information content (AvgIpc) is 2.55. The monoisotopic (exact) mass is 283 g/mol. The van der Waals surface area contributed by atoms with Gasteiger partial charge in [-0.15, -0.1) is 0 Å². The van der Waals surface area contributed by atoms with Crippen LogP contribution in [0, 0.1) is 0 Å². The van der Waals surface area contributed by atoms with Crippen LogP contribution in [0.25, 0.3) is 0 Å². The van der Waals surface area contributed by atoms with Crippen LogP contribution >= 0.6 is 0 Å². The number of aryl methyl sites for hydroxylation is 1. The summed E-state index contributed by atoms with van der Waals surface area (Å²) in [7, 11) is 2.05. The highest BCUT2D eigenvalue weighted by Crippen LogP contribution is 2.22. The van der Waals surface area contributed by atoms with Gasteiger partial charge in [0.15, 0.2) is 0 Å². The number of nitrogens with zero attached hydrogens (tertiary/aromatic N) is 2. The summed E-state index contributed by atoms with van der Waals surface area (Å²) in [6, 6.07) is 12.9. The molecule has 3 heteroatoms. The second-order valence-corrected chi connectivity index (χ2v) is 5.28. The minimum atomic E-state index is 0.885. The van der Waals surface area contributed by atoms with Gasteiger partial charge in [0.05, 0.1) is 0 Å². The number of anilines is 2. The van der Waals surface area contributed by atoms with E-state index in [4.69, 9.17) is 0 Å².